The summed E-state index contributed by atoms with van der Waals surface area (Å²) < 4.78 is 5.73. The second kappa shape index (κ2) is 11.8. The Morgan fingerprint density at radius 1 is 1.10 bits per heavy atom. The fourth-order valence-corrected chi connectivity index (χ4v) is 3.28. The highest BCUT2D eigenvalue weighted by Crippen LogP contribution is 2.21. The molecular formula is C25H33ClN2O3. The Bertz CT molecular complexity index is 881. The van der Waals surface area contributed by atoms with Gasteiger partial charge in [0.25, 0.3) is 5.91 Å². The van der Waals surface area contributed by atoms with Gasteiger partial charge in [-0.1, -0.05) is 62.2 Å². The van der Waals surface area contributed by atoms with Crippen molar-refractivity contribution in [3.05, 3.63) is 64.2 Å². The van der Waals surface area contributed by atoms with Crippen LogP contribution in [0.1, 0.15) is 43.9 Å². The highest BCUT2D eigenvalue weighted by molar-refractivity contribution is 6.31. The first-order chi connectivity index (χ1) is 14.7. The molecule has 0 aliphatic heterocycles. The van der Waals surface area contributed by atoms with Crippen LogP contribution >= 0.6 is 11.6 Å². The number of benzene rings is 2. The number of carbonyl (C=O) groups excluding carboxylic acids is 2. The Balaban J connectivity index is 2.19. The minimum absolute atomic E-state index is 0.140. The minimum Gasteiger partial charge on any atom is -0.484 e. The van der Waals surface area contributed by atoms with Crippen molar-refractivity contribution in [2.45, 2.75) is 53.6 Å². The molecule has 2 amide bonds. The fraction of sp³-hybridized carbons (Fsp3) is 0.440. The molecule has 0 aliphatic carbocycles. The van der Waals surface area contributed by atoms with Crippen molar-refractivity contribution in [2.75, 3.05) is 13.2 Å². The third kappa shape index (κ3) is 7.59. The SMILES string of the molecule is CCC(C(=O)NCC(C)C)N(Cc1ccc(C)cc1)C(=O)COc1ccc(Cl)c(C)c1. The summed E-state index contributed by atoms with van der Waals surface area (Å²) in [5.74, 6) is 0.528. The van der Waals surface area contributed by atoms with Crippen LogP contribution in [0.2, 0.25) is 5.02 Å². The van der Waals surface area contributed by atoms with E-state index < -0.39 is 6.04 Å². The normalized spacial score (nSPS) is 11.8. The van der Waals surface area contributed by atoms with E-state index >= 15 is 0 Å². The van der Waals surface area contributed by atoms with E-state index in [4.69, 9.17) is 16.3 Å². The summed E-state index contributed by atoms with van der Waals surface area (Å²) in [5.41, 5.74) is 2.99. The highest BCUT2D eigenvalue weighted by atomic mass is 35.5. The van der Waals surface area contributed by atoms with Crippen LogP contribution in [0, 0.1) is 19.8 Å². The van der Waals surface area contributed by atoms with Gasteiger partial charge in [-0.3, -0.25) is 9.59 Å². The van der Waals surface area contributed by atoms with Gasteiger partial charge in [0.2, 0.25) is 5.91 Å². The lowest BCUT2D eigenvalue weighted by atomic mass is 10.1. The number of hydrogen-bond acceptors (Lipinski definition) is 3. The first kappa shape index (κ1) is 24.7. The number of halogens is 1. The molecule has 1 N–H and O–H groups in total. The third-order valence-corrected chi connectivity index (χ3v) is 5.46. The van der Waals surface area contributed by atoms with Crippen molar-refractivity contribution in [1.29, 1.82) is 0 Å². The first-order valence-corrected chi connectivity index (χ1v) is 11.1. The van der Waals surface area contributed by atoms with Crippen LogP contribution in [0.4, 0.5) is 0 Å². The van der Waals surface area contributed by atoms with Crippen LogP contribution in [0.25, 0.3) is 0 Å². The molecule has 0 fully saturated rings. The van der Waals surface area contributed by atoms with Gasteiger partial charge in [0, 0.05) is 18.1 Å². The van der Waals surface area contributed by atoms with E-state index in [0.29, 0.717) is 36.2 Å². The summed E-state index contributed by atoms with van der Waals surface area (Å²) in [7, 11) is 0. The predicted molar refractivity (Wildman–Crippen MR) is 125 cm³/mol. The van der Waals surface area contributed by atoms with Crippen molar-refractivity contribution < 1.29 is 14.3 Å². The Labute approximate surface area is 190 Å². The molecule has 31 heavy (non-hydrogen) atoms. The lowest BCUT2D eigenvalue weighted by Gasteiger charge is -2.31. The summed E-state index contributed by atoms with van der Waals surface area (Å²) in [6.45, 7) is 10.7. The Morgan fingerprint density at radius 3 is 2.35 bits per heavy atom. The van der Waals surface area contributed by atoms with E-state index in [1.54, 1.807) is 23.1 Å². The zero-order valence-corrected chi connectivity index (χ0v) is 19.8. The summed E-state index contributed by atoms with van der Waals surface area (Å²) in [5, 5.41) is 3.61. The summed E-state index contributed by atoms with van der Waals surface area (Å²) >= 11 is 6.07. The van der Waals surface area contributed by atoms with Gasteiger partial charge in [-0.05, 0) is 55.5 Å². The number of hydrogen-bond donors (Lipinski definition) is 1. The molecule has 0 saturated carbocycles. The third-order valence-electron chi connectivity index (χ3n) is 5.04. The monoisotopic (exact) mass is 444 g/mol. The van der Waals surface area contributed by atoms with Gasteiger partial charge in [0.15, 0.2) is 6.61 Å². The molecule has 168 valence electrons. The molecule has 0 spiro atoms. The van der Waals surface area contributed by atoms with E-state index in [2.05, 4.69) is 5.32 Å². The molecule has 0 heterocycles. The molecule has 0 radical (unpaired) electrons. The highest BCUT2D eigenvalue weighted by Gasteiger charge is 2.29. The molecule has 2 aromatic carbocycles. The quantitative estimate of drug-likeness (QED) is 0.566. The zero-order chi connectivity index (χ0) is 23.0. The fourth-order valence-electron chi connectivity index (χ4n) is 3.17. The number of amides is 2. The molecular weight excluding hydrogens is 412 g/mol. The molecule has 2 aromatic rings. The topological polar surface area (TPSA) is 58.6 Å². The zero-order valence-electron chi connectivity index (χ0n) is 19.1. The van der Waals surface area contributed by atoms with Crippen LogP contribution in [0.5, 0.6) is 5.75 Å². The number of aryl methyl sites for hydroxylation is 2. The number of rotatable bonds is 10. The summed E-state index contributed by atoms with van der Waals surface area (Å²) in [4.78, 5) is 27.7. The maximum absolute atomic E-state index is 13.2. The van der Waals surface area contributed by atoms with Crippen LogP contribution in [-0.4, -0.2) is 35.9 Å². The molecule has 1 unspecified atom stereocenters. The number of carbonyl (C=O) groups is 2. The van der Waals surface area contributed by atoms with Crippen molar-refractivity contribution >= 4 is 23.4 Å². The van der Waals surface area contributed by atoms with Crippen LogP contribution in [0.3, 0.4) is 0 Å². The van der Waals surface area contributed by atoms with E-state index in [-0.39, 0.29) is 18.4 Å². The second-order valence-electron chi connectivity index (χ2n) is 8.27. The number of nitrogens with zero attached hydrogens (tertiary/aromatic N) is 1. The van der Waals surface area contributed by atoms with Crippen LogP contribution < -0.4 is 10.1 Å². The average molecular weight is 445 g/mol. The molecule has 5 nitrogen and oxygen atoms in total. The van der Waals surface area contributed by atoms with Crippen molar-refractivity contribution in [2.24, 2.45) is 5.92 Å². The molecule has 2 rings (SSSR count). The average Bonchev–Trinajstić information content (AvgIpc) is 2.74. The number of ether oxygens (including phenoxy) is 1. The van der Waals surface area contributed by atoms with Crippen molar-refractivity contribution in [3.8, 4) is 5.75 Å². The van der Waals surface area contributed by atoms with Crippen LogP contribution in [0.15, 0.2) is 42.5 Å². The van der Waals surface area contributed by atoms with E-state index in [0.717, 1.165) is 16.7 Å². The van der Waals surface area contributed by atoms with E-state index in [1.807, 2.05) is 58.9 Å². The standard InChI is InChI=1S/C25H33ClN2O3/c1-6-23(25(30)27-14-17(2)3)28(15-20-9-7-18(4)8-10-20)24(29)16-31-21-11-12-22(26)19(5)13-21/h7-13,17,23H,6,14-16H2,1-5H3,(H,27,30). The lowest BCUT2D eigenvalue weighted by Crippen LogP contribution is -2.50. The summed E-state index contributed by atoms with van der Waals surface area (Å²) in [6, 6.07) is 12.7. The molecule has 6 heteroatoms. The van der Waals surface area contributed by atoms with E-state index in [9.17, 15) is 9.59 Å². The largest absolute Gasteiger partial charge is 0.484 e. The second-order valence-corrected chi connectivity index (χ2v) is 8.68. The van der Waals surface area contributed by atoms with Gasteiger partial charge in [0.05, 0.1) is 0 Å². The van der Waals surface area contributed by atoms with Gasteiger partial charge in [-0.2, -0.15) is 0 Å². The predicted octanol–water partition coefficient (Wildman–Crippen LogP) is 4.92. The maximum Gasteiger partial charge on any atom is 0.261 e. The van der Waals surface area contributed by atoms with Gasteiger partial charge in [-0.15, -0.1) is 0 Å². The maximum atomic E-state index is 13.2. The minimum atomic E-state index is -0.567. The first-order valence-electron chi connectivity index (χ1n) is 10.7. The molecule has 0 aliphatic rings. The summed E-state index contributed by atoms with van der Waals surface area (Å²) in [6.07, 6.45) is 0.515. The lowest BCUT2D eigenvalue weighted by molar-refractivity contribution is -0.143. The Morgan fingerprint density at radius 2 is 1.77 bits per heavy atom. The van der Waals surface area contributed by atoms with Gasteiger partial charge < -0.3 is 15.0 Å². The molecule has 1 atom stereocenters. The van der Waals surface area contributed by atoms with Gasteiger partial charge >= 0.3 is 0 Å². The van der Waals surface area contributed by atoms with Crippen LogP contribution in [-0.2, 0) is 16.1 Å². The molecule has 0 saturated heterocycles. The number of nitrogens with one attached hydrogen (secondary N) is 1. The Kier molecular flexibility index (Phi) is 9.38. The van der Waals surface area contributed by atoms with E-state index in [1.165, 1.54) is 0 Å². The molecule has 0 aromatic heterocycles. The van der Waals surface area contributed by atoms with Crippen molar-refractivity contribution in [3.63, 3.8) is 0 Å². The Hall–Kier alpha value is -2.53. The van der Waals surface area contributed by atoms with Gasteiger partial charge in [-0.25, -0.2) is 0 Å². The smallest absolute Gasteiger partial charge is 0.261 e. The van der Waals surface area contributed by atoms with Gasteiger partial charge in [0.1, 0.15) is 11.8 Å². The molecule has 0 bridgehead atoms. The van der Waals surface area contributed by atoms with Crippen molar-refractivity contribution in [1.82, 2.24) is 10.2 Å².